The van der Waals surface area contributed by atoms with Crippen LogP contribution >= 0.6 is 0 Å². The van der Waals surface area contributed by atoms with Crippen molar-refractivity contribution in [1.82, 2.24) is 20.0 Å². The van der Waals surface area contributed by atoms with Crippen molar-refractivity contribution in [3.63, 3.8) is 0 Å². The zero-order valence-corrected chi connectivity index (χ0v) is 18.7. The van der Waals surface area contributed by atoms with Crippen molar-refractivity contribution in [2.24, 2.45) is 12.8 Å². The molecule has 1 aliphatic heterocycles. The van der Waals surface area contributed by atoms with Gasteiger partial charge in [-0.1, -0.05) is 0 Å². The van der Waals surface area contributed by atoms with Crippen LogP contribution in [0.15, 0.2) is 28.8 Å². The number of nitrogens with zero attached hydrogens (tertiary/aromatic N) is 3. The van der Waals surface area contributed by atoms with Crippen LogP contribution in [0.4, 0.5) is 30.4 Å². The molecule has 1 unspecified atom stereocenters. The van der Waals surface area contributed by atoms with Gasteiger partial charge in [0.25, 0.3) is 5.56 Å². The molecule has 0 saturated carbocycles. The van der Waals surface area contributed by atoms with Gasteiger partial charge in [-0.15, -0.1) is 0 Å². The molecule has 1 aromatic heterocycles. The molecule has 33 heavy (non-hydrogen) atoms. The lowest BCUT2D eigenvalue weighted by Gasteiger charge is -2.36. The smallest absolute Gasteiger partial charge is 0.399 e. The van der Waals surface area contributed by atoms with Gasteiger partial charge in [-0.2, -0.15) is 18.3 Å². The predicted octanol–water partition coefficient (Wildman–Crippen LogP) is 1.69. The highest BCUT2D eigenvalue weighted by Crippen LogP contribution is 2.33. The number of aromatic nitrogens is 2. The molecule has 0 radical (unpaired) electrons. The van der Waals surface area contributed by atoms with Crippen molar-refractivity contribution < 1.29 is 13.2 Å². The van der Waals surface area contributed by atoms with Crippen LogP contribution in [-0.2, 0) is 13.2 Å². The number of benzene rings is 1. The summed E-state index contributed by atoms with van der Waals surface area (Å²) in [4.78, 5) is 14.4. The van der Waals surface area contributed by atoms with Gasteiger partial charge in [-0.05, 0) is 43.7 Å². The van der Waals surface area contributed by atoms with E-state index in [4.69, 9.17) is 17.2 Å². The fraction of sp³-hybridized carbons (Fsp3) is 0.429. The molecule has 0 bridgehead atoms. The molecule has 0 amide bonds. The van der Waals surface area contributed by atoms with E-state index >= 15 is 0 Å². The second-order valence-corrected chi connectivity index (χ2v) is 8.17. The van der Waals surface area contributed by atoms with Gasteiger partial charge in [-0.3, -0.25) is 4.79 Å². The average molecular weight is 467 g/mol. The highest BCUT2D eigenvalue weighted by molar-refractivity contribution is 5.74. The van der Waals surface area contributed by atoms with E-state index in [1.807, 2.05) is 11.8 Å². The van der Waals surface area contributed by atoms with Crippen molar-refractivity contribution in [1.29, 1.82) is 0 Å². The van der Waals surface area contributed by atoms with Crippen LogP contribution in [0.2, 0.25) is 0 Å². The Hall–Kier alpha value is -3.41. The van der Waals surface area contributed by atoms with Crippen LogP contribution in [0.5, 0.6) is 0 Å². The van der Waals surface area contributed by atoms with E-state index in [1.165, 1.54) is 13.1 Å². The Morgan fingerprint density at radius 2 is 2.03 bits per heavy atom. The number of nitrogen functional groups attached to an aromatic ring is 2. The van der Waals surface area contributed by atoms with Crippen LogP contribution < -0.4 is 33.4 Å². The lowest BCUT2D eigenvalue weighted by molar-refractivity contribution is -0.137. The maximum absolute atomic E-state index is 13.2. The zero-order valence-electron chi connectivity index (χ0n) is 18.7. The van der Waals surface area contributed by atoms with E-state index in [-0.39, 0.29) is 28.8 Å². The summed E-state index contributed by atoms with van der Waals surface area (Å²) in [6.07, 6.45) is -2.97. The molecule has 12 heteroatoms. The van der Waals surface area contributed by atoms with Gasteiger partial charge < -0.3 is 32.7 Å². The van der Waals surface area contributed by atoms with Crippen LogP contribution in [-0.4, -0.2) is 40.4 Å². The van der Waals surface area contributed by atoms with E-state index in [0.29, 0.717) is 17.9 Å². The van der Waals surface area contributed by atoms with Crippen molar-refractivity contribution in [2.45, 2.75) is 32.1 Å². The van der Waals surface area contributed by atoms with Crippen molar-refractivity contribution >= 4 is 23.3 Å². The first-order chi connectivity index (χ1) is 15.4. The number of alkyl halides is 3. The largest absolute Gasteiger partial charge is 0.416 e. The van der Waals surface area contributed by atoms with Gasteiger partial charge in [0.1, 0.15) is 5.69 Å². The molecule has 2 heterocycles. The van der Waals surface area contributed by atoms with Gasteiger partial charge in [-0.25, -0.2) is 4.68 Å². The molecule has 0 spiro atoms. The predicted molar refractivity (Wildman–Crippen MR) is 123 cm³/mol. The number of anilines is 3. The van der Waals surface area contributed by atoms with E-state index in [2.05, 4.69) is 15.7 Å². The summed E-state index contributed by atoms with van der Waals surface area (Å²) in [5, 5.41) is 10.6. The summed E-state index contributed by atoms with van der Waals surface area (Å²) < 4.78 is 40.8. The lowest BCUT2D eigenvalue weighted by Crippen LogP contribution is -2.50. The Labute approximate surface area is 189 Å². The highest BCUT2D eigenvalue weighted by atomic mass is 19.4. The fourth-order valence-electron chi connectivity index (χ4n) is 3.75. The molecule has 1 aromatic carbocycles. The number of halogens is 3. The summed E-state index contributed by atoms with van der Waals surface area (Å²) in [7, 11) is 1.44. The van der Waals surface area contributed by atoms with Crippen LogP contribution in [0.3, 0.4) is 0 Å². The average Bonchev–Trinajstić information content (AvgIpc) is 2.74. The molecule has 180 valence electrons. The summed E-state index contributed by atoms with van der Waals surface area (Å²) in [5.74, 6) is 0.619. The molecule has 1 fully saturated rings. The third-order valence-electron chi connectivity index (χ3n) is 5.60. The first-order valence-electron chi connectivity index (χ1n) is 10.4. The summed E-state index contributed by atoms with van der Waals surface area (Å²) in [6.45, 7) is 5.84. The minimum atomic E-state index is -4.54. The standard InChI is InChI=1S/C21H29F3N8O/c1-11-10-28-4-5-32(11)17(26)9-16-18(27)20(33)31(3)30-19(16)29-12(2)13-6-14(21(22,23)24)8-15(25)7-13/h6-9,11-12,28H,4-5,10,25-27H2,1-3H3,(H,29,30)/b17-9+/t11?,12-/m1/s1. The SMILES string of the molecule is CC1CNCCN1/C(N)=C/c1c(N[C@H](C)c2cc(N)cc(C(F)(F)F)c2)nn(C)c(=O)c1N. The second kappa shape index (κ2) is 9.22. The molecule has 2 aromatic rings. The topological polar surface area (TPSA) is 140 Å². The van der Waals surface area contributed by atoms with E-state index in [9.17, 15) is 18.0 Å². The minimum Gasteiger partial charge on any atom is -0.399 e. The van der Waals surface area contributed by atoms with Gasteiger partial charge in [0.15, 0.2) is 5.82 Å². The van der Waals surface area contributed by atoms with Crippen molar-refractivity contribution in [3.05, 3.63) is 51.1 Å². The van der Waals surface area contributed by atoms with Crippen LogP contribution in [0, 0.1) is 0 Å². The van der Waals surface area contributed by atoms with Crippen LogP contribution in [0.25, 0.3) is 6.08 Å². The minimum absolute atomic E-state index is 0.0153. The van der Waals surface area contributed by atoms with E-state index in [0.717, 1.165) is 29.9 Å². The molecule has 1 aliphatic rings. The second-order valence-electron chi connectivity index (χ2n) is 8.17. The van der Waals surface area contributed by atoms with Crippen LogP contribution in [0.1, 0.15) is 36.6 Å². The Morgan fingerprint density at radius 3 is 2.67 bits per heavy atom. The Kier molecular flexibility index (Phi) is 6.77. The first-order valence-corrected chi connectivity index (χ1v) is 10.4. The highest BCUT2D eigenvalue weighted by Gasteiger charge is 2.31. The van der Waals surface area contributed by atoms with E-state index in [1.54, 1.807) is 13.0 Å². The van der Waals surface area contributed by atoms with Gasteiger partial charge in [0, 0.05) is 38.4 Å². The number of hydrogen-bond donors (Lipinski definition) is 5. The molecule has 9 nitrogen and oxygen atoms in total. The molecule has 2 atom stereocenters. The Bertz CT molecular complexity index is 1110. The number of aryl methyl sites for hydroxylation is 1. The summed E-state index contributed by atoms with van der Waals surface area (Å²) in [5.41, 5.74) is 17.3. The molecule has 3 rings (SSSR count). The third-order valence-corrected chi connectivity index (χ3v) is 5.60. The number of piperazine rings is 1. The molecule has 1 saturated heterocycles. The third kappa shape index (κ3) is 5.33. The van der Waals surface area contributed by atoms with Gasteiger partial charge >= 0.3 is 6.18 Å². The molecule has 8 N–H and O–H groups in total. The Morgan fingerprint density at radius 1 is 1.33 bits per heavy atom. The van der Waals surface area contributed by atoms with Crippen molar-refractivity contribution in [2.75, 3.05) is 36.4 Å². The van der Waals surface area contributed by atoms with Gasteiger partial charge in [0.05, 0.1) is 23.0 Å². The first kappa shape index (κ1) is 24.2. The maximum Gasteiger partial charge on any atom is 0.416 e. The molecular weight excluding hydrogens is 437 g/mol. The molecular formula is C21H29F3N8O. The zero-order chi connectivity index (χ0) is 24.5. The molecule has 0 aliphatic carbocycles. The normalized spacial score (nSPS) is 18.3. The quantitative estimate of drug-likeness (QED) is 0.420. The van der Waals surface area contributed by atoms with E-state index < -0.39 is 23.3 Å². The number of hydrogen-bond acceptors (Lipinski definition) is 8. The number of rotatable bonds is 5. The fourth-order valence-corrected chi connectivity index (χ4v) is 3.75. The summed E-state index contributed by atoms with van der Waals surface area (Å²) >= 11 is 0. The van der Waals surface area contributed by atoms with Crippen molar-refractivity contribution in [3.8, 4) is 0 Å². The monoisotopic (exact) mass is 466 g/mol. The number of nitrogens with one attached hydrogen (secondary N) is 2. The lowest BCUT2D eigenvalue weighted by atomic mass is 10.0. The van der Waals surface area contributed by atoms with Gasteiger partial charge in [0.2, 0.25) is 0 Å². The summed E-state index contributed by atoms with van der Waals surface area (Å²) in [6, 6.07) is 2.84. The number of nitrogens with two attached hydrogens (primary N) is 3. The Balaban J connectivity index is 2.01. The maximum atomic E-state index is 13.2.